The lowest BCUT2D eigenvalue weighted by Gasteiger charge is -2.07. The van der Waals surface area contributed by atoms with Crippen molar-refractivity contribution in [2.45, 2.75) is 0 Å². The number of nitrogens with zero attached hydrogens (tertiary/aromatic N) is 1. The molecule has 1 amide bonds. The van der Waals surface area contributed by atoms with Gasteiger partial charge >= 0.3 is 12.1 Å². The zero-order valence-electron chi connectivity index (χ0n) is 10.5. The van der Waals surface area contributed by atoms with Gasteiger partial charge in [0.25, 0.3) is 0 Å². The minimum Gasteiger partial charge on any atom is -0.459 e. The summed E-state index contributed by atoms with van der Waals surface area (Å²) in [5.41, 5.74) is 0.901. The predicted molar refractivity (Wildman–Crippen MR) is 70.4 cm³/mol. The molecular weight excluding hydrogens is 264 g/mol. The number of esters is 1. The summed E-state index contributed by atoms with van der Waals surface area (Å²) >= 11 is 0. The molecule has 0 saturated carbocycles. The molecule has 0 fully saturated rings. The van der Waals surface area contributed by atoms with Gasteiger partial charge in [0.05, 0.1) is 5.69 Å². The summed E-state index contributed by atoms with van der Waals surface area (Å²) in [7, 11) is 0. The normalized spacial score (nSPS) is 9.00. The molecule has 7 heteroatoms. The molecular formula is C13H12N2O5. The molecule has 0 bridgehead atoms. The van der Waals surface area contributed by atoms with Crippen LogP contribution in [0.15, 0.2) is 41.9 Å². The van der Waals surface area contributed by atoms with Crippen LogP contribution in [-0.2, 0) is 19.1 Å². The van der Waals surface area contributed by atoms with Crippen molar-refractivity contribution in [3.8, 4) is 0 Å². The number of amides is 1. The Balaban J connectivity index is 2.33. The second kappa shape index (κ2) is 8.23. The first kappa shape index (κ1) is 15.1. The van der Waals surface area contributed by atoms with Crippen molar-refractivity contribution in [3.63, 3.8) is 0 Å². The van der Waals surface area contributed by atoms with Crippen molar-refractivity contribution in [1.82, 2.24) is 0 Å². The van der Waals surface area contributed by atoms with E-state index in [2.05, 4.69) is 21.6 Å². The maximum Gasteiger partial charge on any atom is 0.411 e. The summed E-state index contributed by atoms with van der Waals surface area (Å²) in [6, 6.07) is 6.17. The molecule has 0 aliphatic rings. The molecule has 104 valence electrons. The Morgan fingerprint density at radius 2 is 1.90 bits per heavy atom. The van der Waals surface area contributed by atoms with Crippen LogP contribution in [0.5, 0.6) is 0 Å². The first-order valence-electron chi connectivity index (χ1n) is 5.56. The summed E-state index contributed by atoms with van der Waals surface area (Å²) in [5.74, 6) is -0.583. The van der Waals surface area contributed by atoms with Gasteiger partial charge in [0.15, 0.2) is 0 Å². The van der Waals surface area contributed by atoms with E-state index in [0.29, 0.717) is 11.4 Å². The van der Waals surface area contributed by atoms with Crippen molar-refractivity contribution < 1.29 is 23.9 Å². The molecule has 1 rings (SSSR count). The van der Waals surface area contributed by atoms with E-state index in [-0.39, 0.29) is 13.2 Å². The van der Waals surface area contributed by atoms with Gasteiger partial charge < -0.3 is 9.47 Å². The molecule has 0 aromatic heterocycles. The molecule has 7 nitrogen and oxygen atoms in total. The largest absolute Gasteiger partial charge is 0.459 e. The van der Waals surface area contributed by atoms with Gasteiger partial charge in [-0.15, -0.1) is 0 Å². The number of hydrogen-bond acceptors (Lipinski definition) is 6. The summed E-state index contributed by atoms with van der Waals surface area (Å²) in [6.07, 6.45) is 1.74. The summed E-state index contributed by atoms with van der Waals surface area (Å²) in [5, 5.41) is 2.45. The standard InChI is InChI=1S/C13H12N2O5/c1-2-12(17)19-7-8-20-13(18)15-11-5-3-10(4-6-11)14-9-16/h2-6H,1,7-8H2,(H,15,18). The quantitative estimate of drug-likeness (QED) is 0.282. The summed E-state index contributed by atoms with van der Waals surface area (Å²) < 4.78 is 9.39. The first-order chi connectivity index (χ1) is 9.65. The maximum absolute atomic E-state index is 11.4. The number of ether oxygens (including phenoxy) is 2. The Morgan fingerprint density at radius 1 is 1.25 bits per heavy atom. The molecule has 0 radical (unpaired) electrons. The smallest absolute Gasteiger partial charge is 0.411 e. The van der Waals surface area contributed by atoms with E-state index in [1.54, 1.807) is 12.1 Å². The van der Waals surface area contributed by atoms with E-state index < -0.39 is 12.1 Å². The molecule has 0 saturated heterocycles. The third-order valence-electron chi connectivity index (χ3n) is 2.02. The number of anilines is 1. The highest BCUT2D eigenvalue weighted by molar-refractivity contribution is 5.84. The van der Waals surface area contributed by atoms with Crippen LogP contribution in [0.2, 0.25) is 0 Å². The minimum absolute atomic E-state index is 0.0503. The van der Waals surface area contributed by atoms with E-state index in [1.165, 1.54) is 18.2 Å². The lowest BCUT2D eigenvalue weighted by molar-refractivity contribution is -0.138. The molecule has 0 unspecified atom stereocenters. The Kier molecular flexibility index (Phi) is 6.23. The average molecular weight is 276 g/mol. The fraction of sp³-hybridized carbons (Fsp3) is 0.154. The highest BCUT2D eigenvalue weighted by atomic mass is 16.6. The van der Waals surface area contributed by atoms with Crippen LogP contribution in [0, 0.1) is 0 Å². The first-order valence-corrected chi connectivity index (χ1v) is 5.56. The number of rotatable bonds is 6. The molecule has 1 aromatic carbocycles. The second-order valence-electron chi connectivity index (χ2n) is 3.38. The summed E-state index contributed by atoms with van der Waals surface area (Å²) in [4.78, 5) is 35.5. The SMILES string of the molecule is C=CC(=O)OCCOC(=O)Nc1ccc(N=C=O)cc1. The second-order valence-corrected chi connectivity index (χ2v) is 3.38. The zero-order valence-corrected chi connectivity index (χ0v) is 10.5. The van der Waals surface area contributed by atoms with Gasteiger partial charge in [-0.1, -0.05) is 6.58 Å². The summed E-state index contributed by atoms with van der Waals surface area (Å²) in [6.45, 7) is 3.10. The van der Waals surface area contributed by atoms with Gasteiger partial charge in [0.2, 0.25) is 6.08 Å². The van der Waals surface area contributed by atoms with E-state index in [9.17, 15) is 14.4 Å². The van der Waals surface area contributed by atoms with E-state index in [1.807, 2.05) is 0 Å². The fourth-order valence-electron chi connectivity index (χ4n) is 1.16. The van der Waals surface area contributed by atoms with Gasteiger partial charge in [0, 0.05) is 11.8 Å². The Labute approximate surface area is 114 Å². The molecule has 1 aromatic rings. The number of isocyanates is 1. The molecule has 0 atom stereocenters. The third kappa shape index (κ3) is 5.61. The molecule has 0 aliphatic carbocycles. The van der Waals surface area contributed by atoms with Gasteiger partial charge in [-0.3, -0.25) is 5.32 Å². The van der Waals surface area contributed by atoms with Gasteiger partial charge in [-0.2, -0.15) is 4.99 Å². The number of hydrogen-bond donors (Lipinski definition) is 1. The number of aliphatic imine (C=N–C) groups is 1. The highest BCUT2D eigenvalue weighted by Gasteiger charge is 2.03. The Hall–Kier alpha value is -2.92. The monoisotopic (exact) mass is 276 g/mol. The number of benzene rings is 1. The molecule has 0 aliphatic heterocycles. The molecule has 0 heterocycles. The molecule has 0 spiro atoms. The molecule has 1 N–H and O–H groups in total. The van der Waals surface area contributed by atoms with Crippen LogP contribution in [0.4, 0.5) is 16.2 Å². The number of carbonyl (C=O) groups is 2. The minimum atomic E-state index is -0.689. The lowest BCUT2D eigenvalue weighted by atomic mass is 10.3. The Bertz CT molecular complexity index is 532. The van der Waals surface area contributed by atoms with Crippen molar-refractivity contribution in [2.75, 3.05) is 18.5 Å². The van der Waals surface area contributed by atoms with Gasteiger partial charge in [-0.05, 0) is 24.3 Å². The lowest BCUT2D eigenvalue weighted by Crippen LogP contribution is -2.17. The van der Waals surface area contributed by atoms with Crippen LogP contribution in [0.1, 0.15) is 0 Å². The average Bonchev–Trinajstić information content (AvgIpc) is 2.45. The van der Waals surface area contributed by atoms with Crippen molar-refractivity contribution >= 4 is 29.5 Å². The zero-order chi connectivity index (χ0) is 14.8. The van der Waals surface area contributed by atoms with Crippen molar-refractivity contribution in [1.29, 1.82) is 0 Å². The highest BCUT2D eigenvalue weighted by Crippen LogP contribution is 2.15. The van der Waals surface area contributed by atoms with Gasteiger partial charge in [-0.25, -0.2) is 14.4 Å². The van der Waals surface area contributed by atoms with Gasteiger partial charge in [0.1, 0.15) is 13.2 Å². The van der Waals surface area contributed by atoms with E-state index in [4.69, 9.17) is 4.74 Å². The maximum atomic E-state index is 11.4. The van der Waals surface area contributed by atoms with E-state index in [0.717, 1.165) is 6.08 Å². The van der Waals surface area contributed by atoms with E-state index >= 15 is 0 Å². The predicted octanol–water partition coefficient (Wildman–Crippen LogP) is 1.93. The third-order valence-corrected chi connectivity index (χ3v) is 2.02. The number of carbonyl (C=O) groups excluding carboxylic acids is 3. The Morgan fingerprint density at radius 3 is 2.50 bits per heavy atom. The van der Waals surface area contributed by atoms with Crippen LogP contribution in [-0.4, -0.2) is 31.4 Å². The van der Waals surface area contributed by atoms with Crippen LogP contribution in [0.3, 0.4) is 0 Å². The number of nitrogens with one attached hydrogen (secondary N) is 1. The van der Waals surface area contributed by atoms with Crippen LogP contribution >= 0.6 is 0 Å². The topological polar surface area (TPSA) is 94.1 Å². The molecule has 20 heavy (non-hydrogen) atoms. The van der Waals surface area contributed by atoms with Crippen molar-refractivity contribution in [2.24, 2.45) is 4.99 Å². The van der Waals surface area contributed by atoms with Crippen LogP contribution in [0.25, 0.3) is 0 Å². The van der Waals surface area contributed by atoms with Crippen molar-refractivity contribution in [3.05, 3.63) is 36.9 Å². The fourth-order valence-corrected chi connectivity index (χ4v) is 1.16. The van der Waals surface area contributed by atoms with Crippen LogP contribution < -0.4 is 5.32 Å².